The van der Waals surface area contributed by atoms with E-state index in [0.717, 1.165) is 4.31 Å². The van der Waals surface area contributed by atoms with Crippen LogP contribution in [0.15, 0.2) is 42.6 Å². The highest BCUT2D eigenvalue weighted by molar-refractivity contribution is 7.86. The molecule has 0 amide bonds. The predicted octanol–water partition coefficient (Wildman–Crippen LogP) is 1.99. The van der Waals surface area contributed by atoms with Crippen molar-refractivity contribution in [3.05, 3.63) is 48.3 Å². The van der Waals surface area contributed by atoms with E-state index < -0.39 is 22.4 Å². The van der Waals surface area contributed by atoms with E-state index in [1.54, 1.807) is 41.0 Å². The molecule has 3 aromatic heterocycles. The Morgan fingerprint density at radius 3 is 2.46 bits per heavy atom. The normalized spacial score (nSPS) is 18.3. The van der Waals surface area contributed by atoms with Gasteiger partial charge in [0.2, 0.25) is 5.88 Å². The molecular formula is C25H29N7O6S. The molecule has 0 bridgehead atoms. The molecule has 1 aromatic carbocycles. The van der Waals surface area contributed by atoms with Crippen molar-refractivity contribution in [2.45, 2.75) is 31.9 Å². The second-order valence-corrected chi connectivity index (χ2v) is 10.4. The van der Waals surface area contributed by atoms with Crippen molar-refractivity contribution in [2.75, 3.05) is 27.4 Å². The van der Waals surface area contributed by atoms with Gasteiger partial charge in [0.25, 0.3) is 10.2 Å². The van der Waals surface area contributed by atoms with Crippen LogP contribution >= 0.6 is 0 Å². The lowest BCUT2D eigenvalue weighted by atomic mass is 10.00. The monoisotopic (exact) mass is 555 g/mol. The third kappa shape index (κ3) is 5.11. The van der Waals surface area contributed by atoms with Gasteiger partial charge in [-0.2, -0.15) is 12.7 Å². The van der Waals surface area contributed by atoms with Gasteiger partial charge in [0.15, 0.2) is 17.1 Å². The van der Waals surface area contributed by atoms with Crippen LogP contribution in [0, 0.1) is 0 Å². The first kappa shape index (κ1) is 26.7. The van der Waals surface area contributed by atoms with Gasteiger partial charge in [-0.3, -0.25) is 4.57 Å². The number of aromatic nitrogens is 5. The standard InChI is InChI=1S/C25H29N7O6S/c1-4-38-21-10-5-7-16(28-21)24-30-23-25(32(24)22-19(36-2)8-6-9-20(22)37-3)29-17(14-27-23)18-13-15(33)11-12-31(18)39(26,34)35/h5-10,14-15,18,33H,4,11-13H2,1-3H3,(H2,26,34,35). The molecule has 5 rings (SSSR count). The lowest BCUT2D eigenvalue weighted by Gasteiger charge is -2.35. The molecule has 4 heterocycles. The highest BCUT2D eigenvalue weighted by Crippen LogP contribution is 2.39. The molecule has 3 N–H and O–H groups in total. The minimum Gasteiger partial charge on any atom is -0.494 e. The molecule has 0 spiro atoms. The molecule has 1 aliphatic rings. The maximum atomic E-state index is 12.4. The summed E-state index contributed by atoms with van der Waals surface area (Å²) in [5, 5.41) is 15.9. The van der Waals surface area contributed by atoms with Crippen LogP contribution in [0.25, 0.3) is 28.5 Å². The van der Waals surface area contributed by atoms with E-state index >= 15 is 0 Å². The Bertz CT molecular complexity index is 1590. The van der Waals surface area contributed by atoms with Crippen molar-refractivity contribution >= 4 is 21.5 Å². The number of methoxy groups -OCH3 is 2. The number of para-hydroxylation sites is 1. The molecule has 2 atom stereocenters. The summed E-state index contributed by atoms with van der Waals surface area (Å²) in [7, 11) is -0.989. The Morgan fingerprint density at radius 1 is 1.08 bits per heavy atom. The minimum atomic E-state index is -4.06. The third-order valence-corrected chi connectivity index (χ3v) is 7.54. The fraction of sp³-hybridized carbons (Fsp3) is 0.360. The number of hydrogen-bond donors (Lipinski definition) is 2. The molecule has 13 nitrogen and oxygen atoms in total. The van der Waals surface area contributed by atoms with Crippen molar-refractivity contribution in [3.8, 4) is 34.6 Å². The number of benzene rings is 1. The van der Waals surface area contributed by atoms with Gasteiger partial charge in [0, 0.05) is 12.6 Å². The van der Waals surface area contributed by atoms with E-state index in [2.05, 4.69) is 9.97 Å². The van der Waals surface area contributed by atoms with Crippen LogP contribution in [0.3, 0.4) is 0 Å². The summed E-state index contributed by atoms with van der Waals surface area (Å²) in [6, 6.07) is 9.85. The number of rotatable bonds is 8. The van der Waals surface area contributed by atoms with Crippen LogP contribution in [-0.4, -0.2) is 75.8 Å². The van der Waals surface area contributed by atoms with E-state index in [1.165, 1.54) is 20.4 Å². The van der Waals surface area contributed by atoms with Crippen LogP contribution in [0.1, 0.15) is 31.5 Å². The fourth-order valence-electron chi connectivity index (χ4n) is 4.73. The van der Waals surface area contributed by atoms with Crippen molar-refractivity contribution in [1.82, 2.24) is 28.8 Å². The number of hydrogen-bond acceptors (Lipinski definition) is 10. The first-order valence-corrected chi connectivity index (χ1v) is 13.8. The number of aliphatic hydroxyl groups excluding tert-OH is 1. The van der Waals surface area contributed by atoms with E-state index in [1.807, 2.05) is 6.92 Å². The number of nitrogens with two attached hydrogens (primary N) is 1. The average Bonchev–Trinajstić information content (AvgIpc) is 3.30. The van der Waals surface area contributed by atoms with Crippen LogP contribution in [0.2, 0.25) is 0 Å². The third-order valence-electron chi connectivity index (χ3n) is 6.45. The smallest absolute Gasteiger partial charge is 0.277 e. The van der Waals surface area contributed by atoms with E-state index in [9.17, 15) is 13.5 Å². The lowest BCUT2D eigenvalue weighted by molar-refractivity contribution is 0.0795. The van der Waals surface area contributed by atoms with E-state index in [-0.39, 0.29) is 25.0 Å². The molecule has 4 aromatic rings. The molecule has 14 heteroatoms. The van der Waals surface area contributed by atoms with Gasteiger partial charge in [-0.15, -0.1) is 0 Å². The minimum absolute atomic E-state index is 0.0589. The predicted molar refractivity (Wildman–Crippen MR) is 142 cm³/mol. The Labute approximate surface area is 225 Å². The van der Waals surface area contributed by atoms with Crippen LogP contribution in [-0.2, 0) is 10.2 Å². The van der Waals surface area contributed by atoms with E-state index in [4.69, 9.17) is 29.3 Å². The van der Waals surface area contributed by atoms with Gasteiger partial charge in [0.1, 0.15) is 22.9 Å². The summed E-state index contributed by atoms with van der Waals surface area (Å²) < 4.78 is 44.5. The number of piperidine rings is 1. The summed E-state index contributed by atoms with van der Waals surface area (Å²) in [6.45, 7) is 2.36. The highest BCUT2D eigenvalue weighted by atomic mass is 32.2. The van der Waals surface area contributed by atoms with Crippen LogP contribution in [0.4, 0.5) is 0 Å². The molecule has 1 aliphatic heterocycles. The molecule has 1 saturated heterocycles. The number of pyridine rings is 1. The van der Waals surface area contributed by atoms with Gasteiger partial charge in [-0.25, -0.2) is 25.1 Å². The fourth-order valence-corrected chi connectivity index (χ4v) is 5.64. The van der Waals surface area contributed by atoms with Crippen molar-refractivity contribution in [2.24, 2.45) is 5.14 Å². The summed E-state index contributed by atoms with van der Waals surface area (Å²) in [5.41, 5.74) is 1.89. The van der Waals surface area contributed by atoms with Crippen LogP contribution in [0.5, 0.6) is 17.4 Å². The topological polar surface area (TPSA) is 168 Å². The first-order valence-electron chi connectivity index (χ1n) is 12.3. The molecule has 0 radical (unpaired) electrons. The molecule has 0 saturated carbocycles. The first-order chi connectivity index (χ1) is 18.7. The number of imidazole rings is 1. The Hall–Kier alpha value is -3.85. The second-order valence-electron chi connectivity index (χ2n) is 8.87. The zero-order valence-electron chi connectivity index (χ0n) is 21.7. The molecule has 39 heavy (non-hydrogen) atoms. The summed E-state index contributed by atoms with van der Waals surface area (Å²) in [6.07, 6.45) is 1.12. The average molecular weight is 556 g/mol. The van der Waals surface area contributed by atoms with Gasteiger partial charge < -0.3 is 19.3 Å². The number of fused-ring (bicyclic) bond motifs is 1. The molecule has 0 aliphatic carbocycles. The van der Waals surface area contributed by atoms with Crippen LogP contribution < -0.4 is 19.3 Å². The molecule has 2 unspecified atom stereocenters. The quantitative estimate of drug-likeness (QED) is 0.328. The maximum absolute atomic E-state index is 12.4. The van der Waals surface area contributed by atoms with Gasteiger partial charge in [0.05, 0.1) is 44.9 Å². The second kappa shape index (κ2) is 10.7. The molecule has 1 fully saturated rings. The molecule has 206 valence electrons. The summed E-state index contributed by atoms with van der Waals surface area (Å²) in [5.74, 6) is 1.75. The van der Waals surface area contributed by atoms with Crippen molar-refractivity contribution < 1.29 is 27.7 Å². The Morgan fingerprint density at radius 2 is 1.79 bits per heavy atom. The van der Waals surface area contributed by atoms with Crippen molar-refractivity contribution in [1.29, 1.82) is 0 Å². The number of aliphatic hydroxyl groups is 1. The highest BCUT2D eigenvalue weighted by Gasteiger charge is 2.36. The Kier molecular flexibility index (Phi) is 7.36. The summed E-state index contributed by atoms with van der Waals surface area (Å²) >= 11 is 0. The van der Waals surface area contributed by atoms with Gasteiger partial charge in [-0.1, -0.05) is 12.1 Å². The van der Waals surface area contributed by atoms with E-state index in [0.29, 0.717) is 52.5 Å². The van der Waals surface area contributed by atoms with Gasteiger partial charge >= 0.3 is 0 Å². The summed E-state index contributed by atoms with van der Waals surface area (Å²) in [4.78, 5) is 18.7. The van der Waals surface area contributed by atoms with Gasteiger partial charge in [-0.05, 0) is 38.0 Å². The zero-order chi connectivity index (χ0) is 27.7. The number of nitrogens with zero attached hydrogens (tertiary/aromatic N) is 6. The largest absolute Gasteiger partial charge is 0.494 e. The molecular weight excluding hydrogens is 526 g/mol. The Balaban J connectivity index is 1.79. The number of ether oxygens (including phenoxy) is 3. The SMILES string of the molecule is CCOc1cccc(-c2nc3ncc(C4CC(O)CCN4S(N)(=O)=O)nc3n2-c2c(OC)cccc2OC)n1. The van der Waals surface area contributed by atoms with Crippen molar-refractivity contribution in [3.63, 3.8) is 0 Å². The maximum Gasteiger partial charge on any atom is 0.277 e. The zero-order valence-corrected chi connectivity index (χ0v) is 22.5. The lowest BCUT2D eigenvalue weighted by Crippen LogP contribution is -2.45.